The van der Waals surface area contributed by atoms with Gasteiger partial charge in [0.2, 0.25) is 11.8 Å². The van der Waals surface area contributed by atoms with Gasteiger partial charge >= 0.3 is 0 Å². The van der Waals surface area contributed by atoms with Gasteiger partial charge in [0.1, 0.15) is 11.5 Å². The summed E-state index contributed by atoms with van der Waals surface area (Å²) in [5.41, 5.74) is 0.0604. The molecule has 0 aliphatic carbocycles. The Morgan fingerprint density at radius 2 is 2.04 bits per heavy atom. The van der Waals surface area contributed by atoms with Gasteiger partial charge in [-0.05, 0) is 18.6 Å². The lowest BCUT2D eigenvalue weighted by molar-refractivity contribution is -0.139. The van der Waals surface area contributed by atoms with Crippen LogP contribution in [0, 0.1) is 0 Å². The summed E-state index contributed by atoms with van der Waals surface area (Å²) in [6.07, 6.45) is 4.32. The first-order chi connectivity index (χ1) is 12.5. The van der Waals surface area contributed by atoms with Crippen molar-refractivity contribution in [3.8, 4) is 0 Å². The van der Waals surface area contributed by atoms with Crippen LogP contribution in [0.5, 0.6) is 0 Å². The van der Waals surface area contributed by atoms with Crippen LogP contribution in [0.1, 0.15) is 36.0 Å². The van der Waals surface area contributed by atoms with E-state index >= 15 is 0 Å². The Morgan fingerprint density at radius 1 is 1.27 bits per heavy atom. The molecule has 0 bridgehead atoms. The highest BCUT2D eigenvalue weighted by Crippen LogP contribution is 2.34. The number of carbonyl (C=O) groups is 3. The lowest BCUT2D eigenvalue weighted by Crippen LogP contribution is -2.67. The van der Waals surface area contributed by atoms with E-state index in [-0.39, 0.29) is 24.3 Å². The summed E-state index contributed by atoms with van der Waals surface area (Å²) in [4.78, 5) is 46.6. The average Bonchev–Trinajstić information content (AvgIpc) is 3.05. The maximum Gasteiger partial charge on any atom is 0.256 e. The van der Waals surface area contributed by atoms with Crippen LogP contribution in [0.2, 0.25) is 0 Å². The van der Waals surface area contributed by atoms with Crippen LogP contribution >= 0.6 is 0 Å². The normalized spacial score (nSPS) is 21.8. The van der Waals surface area contributed by atoms with Crippen LogP contribution in [0.3, 0.4) is 0 Å². The second-order valence-corrected chi connectivity index (χ2v) is 7.22. The van der Waals surface area contributed by atoms with E-state index < -0.39 is 5.66 Å². The predicted octanol–water partition coefficient (Wildman–Crippen LogP) is 0.202. The zero-order valence-electron chi connectivity index (χ0n) is 14.9. The largest absolute Gasteiger partial charge is 0.341 e. The Labute approximate surface area is 152 Å². The monoisotopic (exact) mass is 357 g/mol. The molecule has 0 aromatic carbocycles. The fourth-order valence-corrected chi connectivity index (χ4v) is 4.13. The van der Waals surface area contributed by atoms with Crippen LogP contribution in [0.25, 0.3) is 0 Å². The van der Waals surface area contributed by atoms with E-state index in [1.165, 1.54) is 0 Å². The molecule has 8 nitrogen and oxygen atoms in total. The van der Waals surface area contributed by atoms with E-state index in [4.69, 9.17) is 0 Å². The number of rotatable bonds is 2. The van der Waals surface area contributed by atoms with Crippen LogP contribution in [0.4, 0.5) is 5.82 Å². The van der Waals surface area contributed by atoms with Crippen molar-refractivity contribution in [1.29, 1.82) is 0 Å². The van der Waals surface area contributed by atoms with E-state index in [1.807, 2.05) is 11.9 Å². The topological polar surface area (TPSA) is 85.8 Å². The maximum atomic E-state index is 12.5. The van der Waals surface area contributed by atoms with E-state index in [0.717, 1.165) is 6.42 Å². The lowest BCUT2D eigenvalue weighted by Gasteiger charge is -2.50. The van der Waals surface area contributed by atoms with Gasteiger partial charge in [-0.2, -0.15) is 0 Å². The summed E-state index contributed by atoms with van der Waals surface area (Å²) in [6.45, 7) is 1.93. The van der Waals surface area contributed by atoms with E-state index in [9.17, 15) is 14.4 Å². The van der Waals surface area contributed by atoms with Crippen LogP contribution in [-0.4, -0.2) is 71.4 Å². The summed E-state index contributed by atoms with van der Waals surface area (Å²) < 4.78 is 0. The second-order valence-electron chi connectivity index (χ2n) is 7.22. The number of nitrogens with one attached hydrogen (secondary N) is 1. The molecular formula is C18H23N5O3. The molecule has 3 aliphatic heterocycles. The highest BCUT2D eigenvalue weighted by Gasteiger charge is 2.45. The van der Waals surface area contributed by atoms with Gasteiger partial charge in [-0.1, -0.05) is 0 Å². The van der Waals surface area contributed by atoms with Crippen molar-refractivity contribution < 1.29 is 14.4 Å². The number of amides is 3. The predicted molar refractivity (Wildman–Crippen MR) is 94.5 cm³/mol. The third-order valence-corrected chi connectivity index (χ3v) is 5.78. The average molecular weight is 357 g/mol. The standard InChI is InChI=1S/C18H23N5O3/c1-21-16-13(4-2-8-19-16)17(26)20-18(21)6-10-22(11-7-18)15(25)12-23-9-3-5-14(23)24/h2,4,8H,3,5-7,9-12H2,1H3,(H,20,26). The maximum absolute atomic E-state index is 12.5. The van der Waals surface area contributed by atoms with Crippen LogP contribution in [-0.2, 0) is 9.59 Å². The summed E-state index contributed by atoms with van der Waals surface area (Å²) in [5, 5.41) is 3.12. The number of aromatic nitrogens is 1. The second kappa shape index (κ2) is 6.26. The SMILES string of the molecule is CN1c2ncccc2C(=O)NC12CCN(C(=O)CN1CCCC1=O)CC2. The van der Waals surface area contributed by atoms with Gasteiger partial charge in [0.15, 0.2) is 0 Å². The smallest absolute Gasteiger partial charge is 0.256 e. The van der Waals surface area contributed by atoms with Gasteiger partial charge in [0, 0.05) is 52.1 Å². The number of piperidine rings is 1. The summed E-state index contributed by atoms with van der Waals surface area (Å²) in [6, 6.07) is 3.53. The highest BCUT2D eigenvalue weighted by molar-refractivity contribution is 6.01. The van der Waals surface area contributed by atoms with Crippen LogP contribution < -0.4 is 10.2 Å². The van der Waals surface area contributed by atoms with E-state index in [0.29, 0.717) is 50.3 Å². The lowest BCUT2D eigenvalue weighted by atomic mass is 9.91. The molecule has 3 aliphatic rings. The molecule has 2 fully saturated rings. The fraction of sp³-hybridized carbons (Fsp3) is 0.556. The fourth-order valence-electron chi connectivity index (χ4n) is 4.13. The molecule has 0 unspecified atom stereocenters. The number of hydrogen-bond acceptors (Lipinski definition) is 5. The van der Waals surface area contributed by atoms with Gasteiger partial charge < -0.3 is 20.0 Å². The summed E-state index contributed by atoms with van der Waals surface area (Å²) >= 11 is 0. The van der Waals surface area contributed by atoms with Crippen molar-refractivity contribution >= 4 is 23.5 Å². The molecule has 138 valence electrons. The number of carbonyl (C=O) groups excluding carboxylic acids is 3. The molecular weight excluding hydrogens is 334 g/mol. The van der Waals surface area contributed by atoms with E-state index in [1.54, 1.807) is 28.1 Å². The molecule has 1 aromatic rings. The molecule has 26 heavy (non-hydrogen) atoms. The molecule has 0 atom stereocenters. The first-order valence-corrected chi connectivity index (χ1v) is 9.07. The minimum Gasteiger partial charge on any atom is -0.341 e. The Balaban J connectivity index is 1.44. The number of anilines is 1. The number of hydrogen-bond donors (Lipinski definition) is 1. The van der Waals surface area contributed by atoms with Gasteiger partial charge in [0.05, 0.1) is 12.1 Å². The number of likely N-dealkylation sites (tertiary alicyclic amines) is 2. The molecule has 3 amide bonds. The Kier molecular flexibility index (Phi) is 4.05. The van der Waals surface area contributed by atoms with Crippen molar-refractivity contribution in [1.82, 2.24) is 20.1 Å². The zero-order chi connectivity index (χ0) is 18.3. The molecule has 1 aromatic heterocycles. The number of pyridine rings is 1. The highest BCUT2D eigenvalue weighted by atomic mass is 16.2. The van der Waals surface area contributed by atoms with Crippen LogP contribution in [0.15, 0.2) is 18.3 Å². The molecule has 0 saturated carbocycles. The Hall–Kier alpha value is -2.64. The number of nitrogens with zero attached hydrogens (tertiary/aromatic N) is 4. The third kappa shape index (κ3) is 2.69. The number of fused-ring (bicyclic) bond motifs is 1. The first kappa shape index (κ1) is 16.8. The Bertz CT molecular complexity index is 757. The Morgan fingerprint density at radius 3 is 2.73 bits per heavy atom. The van der Waals surface area contributed by atoms with Crippen molar-refractivity contribution in [3.05, 3.63) is 23.9 Å². The molecule has 2 saturated heterocycles. The summed E-state index contributed by atoms with van der Waals surface area (Å²) in [7, 11) is 1.94. The molecule has 0 radical (unpaired) electrons. The van der Waals surface area contributed by atoms with Crippen molar-refractivity contribution in [2.75, 3.05) is 38.1 Å². The quantitative estimate of drug-likeness (QED) is 0.817. The minimum atomic E-state index is -0.515. The molecule has 1 spiro atoms. The summed E-state index contributed by atoms with van der Waals surface area (Å²) in [5.74, 6) is 0.611. The molecule has 4 heterocycles. The van der Waals surface area contributed by atoms with Crippen molar-refractivity contribution in [3.63, 3.8) is 0 Å². The van der Waals surface area contributed by atoms with Gasteiger partial charge in [0.25, 0.3) is 5.91 Å². The van der Waals surface area contributed by atoms with Gasteiger partial charge in [-0.15, -0.1) is 0 Å². The minimum absolute atomic E-state index is 0.0154. The van der Waals surface area contributed by atoms with Crippen molar-refractivity contribution in [2.24, 2.45) is 0 Å². The van der Waals surface area contributed by atoms with Gasteiger partial charge in [-0.25, -0.2) is 4.98 Å². The molecule has 4 rings (SSSR count). The van der Waals surface area contributed by atoms with Crippen molar-refractivity contribution in [2.45, 2.75) is 31.3 Å². The third-order valence-electron chi connectivity index (χ3n) is 5.78. The zero-order valence-corrected chi connectivity index (χ0v) is 14.9. The first-order valence-electron chi connectivity index (χ1n) is 9.07. The van der Waals surface area contributed by atoms with Gasteiger partial charge in [-0.3, -0.25) is 14.4 Å². The van der Waals surface area contributed by atoms with E-state index in [2.05, 4.69) is 10.3 Å². The molecule has 1 N–H and O–H groups in total. The molecule has 8 heteroatoms.